The number of benzene rings is 4. The number of hydrogen-bond acceptors (Lipinski definition) is 6. The van der Waals surface area contributed by atoms with Crippen LogP contribution in [0.4, 0.5) is 5.69 Å². The van der Waals surface area contributed by atoms with E-state index in [1.54, 1.807) is 30.3 Å². The monoisotopic (exact) mass is 657 g/mol. The highest BCUT2D eigenvalue weighted by atomic mass is 32.2. The standard InChI is InChI=1S/C37H43N3O6S/c1-6-28(3)38-37(42)33(23-29-13-9-7-10-14-29)39(25-30-19-17-27(2)18-20-30)36(41)26-40(47(43,44)32-15-11-8-12-16-32)31-21-22-34(45-4)35(24-31)46-5/h7-22,24,28,33H,6,23,25-26H2,1-5H3,(H,38,42)/t28-,33-/m1/s1. The third-order valence-corrected chi connectivity index (χ3v) is 9.80. The van der Waals surface area contributed by atoms with Gasteiger partial charge in [0.1, 0.15) is 12.6 Å². The first-order chi connectivity index (χ1) is 22.6. The summed E-state index contributed by atoms with van der Waals surface area (Å²) in [6, 6.07) is 28.8. The highest BCUT2D eigenvalue weighted by Gasteiger charge is 2.35. The Morgan fingerprint density at radius 1 is 0.809 bits per heavy atom. The van der Waals surface area contributed by atoms with E-state index in [0.717, 1.165) is 21.0 Å². The molecule has 0 aliphatic rings. The summed E-state index contributed by atoms with van der Waals surface area (Å²) in [6.45, 7) is 5.38. The third kappa shape index (κ3) is 8.92. The van der Waals surface area contributed by atoms with E-state index in [0.29, 0.717) is 17.9 Å². The number of carbonyl (C=O) groups is 2. The maximum Gasteiger partial charge on any atom is 0.264 e. The largest absolute Gasteiger partial charge is 0.493 e. The van der Waals surface area contributed by atoms with Gasteiger partial charge >= 0.3 is 0 Å². The molecule has 4 rings (SSSR count). The van der Waals surface area contributed by atoms with Gasteiger partial charge in [-0.3, -0.25) is 13.9 Å². The summed E-state index contributed by atoms with van der Waals surface area (Å²) in [4.78, 5) is 30.1. The maximum atomic E-state index is 14.6. The van der Waals surface area contributed by atoms with Crippen LogP contribution in [0.1, 0.15) is 37.0 Å². The molecule has 0 spiro atoms. The number of amides is 2. The predicted octanol–water partition coefficient (Wildman–Crippen LogP) is 5.76. The topological polar surface area (TPSA) is 105 Å². The van der Waals surface area contributed by atoms with Crippen molar-refractivity contribution in [2.75, 3.05) is 25.1 Å². The Morgan fingerprint density at radius 3 is 2.02 bits per heavy atom. The second-order valence-corrected chi connectivity index (χ2v) is 13.3. The molecule has 0 aromatic heterocycles. The lowest BCUT2D eigenvalue weighted by atomic mass is 10.0. The van der Waals surface area contributed by atoms with Gasteiger partial charge in [-0.25, -0.2) is 8.42 Å². The summed E-state index contributed by atoms with van der Waals surface area (Å²) < 4.78 is 40.4. The summed E-state index contributed by atoms with van der Waals surface area (Å²) in [5.74, 6) is -0.144. The lowest BCUT2D eigenvalue weighted by Gasteiger charge is -2.34. The van der Waals surface area contributed by atoms with E-state index in [4.69, 9.17) is 9.47 Å². The molecule has 2 amide bonds. The molecule has 0 saturated heterocycles. The van der Waals surface area contributed by atoms with Gasteiger partial charge in [0.05, 0.1) is 24.8 Å². The van der Waals surface area contributed by atoms with Gasteiger partial charge in [-0.05, 0) is 55.7 Å². The molecule has 4 aromatic carbocycles. The van der Waals surface area contributed by atoms with Gasteiger partial charge in [0, 0.05) is 25.1 Å². The van der Waals surface area contributed by atoms with E-state index in [1.807, 2.05) is 75.4 Å². The second kappa shape index (κ2) is 16.1. The Hall–Kier alpha value is -4.83. The lowest BCUT2D eigenvalue weighted by molar-refractivity contribution is -0.140. The number of nitrogens with zero attached hydrogens (tertiary/aromatic N) is 2. The van der Waals surface area contributed by atoms with E-state index in [2.05, 4.69) is 5.32 Å². The fraction of sp³-hybridized carbons (Fsp3) is 0.297. The Balaban J connectivity index is 1.83. The SMILES string of the molecule is CC[C@@H](C)NC(=O)[C@@H](Cc1ccccc1)N(Cc1ccc(C)cc1)C(=O)CN(c1ccc(OC)c(OC)c1)S(=O)(=O)c1ccccc1. The van der Waals surface area contributed by atoms with Gasteiger partial charge in [-0.1, -0.05) is 85.3 Å². The van der Waals surface area contributed by atoms with Crippen LogP contribution in [0.15, 0.2) is 108 Å². The minimum atomic E-state index is -4.24. The zero-order valence-electron chi connectivity index (χ0n) is 27.6. The minimum Gasteiger partial charge on any atom is -0.493 e. The molecule has 0 unspecified atom stereocenters. The van der Waals surface area contributed by atoms with Gasteiger partial charge in [0.2, 0.25) is 11.8 Å². The average molecular weight is 658 g/mol. The Morgan fingerprint density at radius 2 is 1.43 bits per heavy atom. The average Bonchev–Trinajstić information content (AvgIpc) is 3.09. The number of sulfonamides is 1. The lowest BCUT2D eigenvalue weighted by Crippen LogP contribution is -2.54. The molecule has 1 N–H and O–H groups in total. The molecule has 0 heterocycles. The van der Waals surface area contributed by atoms with Crippen molar-refractivity contribution in [3.63, 3.8) is 0 Å². The molecule has 2 atom stereocenters. The number of carbonyl (C=O) groups excluding carboxylic acids is 2. The number of rotatable bonds is 15. The smallest absolute Gasteiger partial charge is 0.264 e. The molecular formula is C37H43N3O6S. The first-order valence-electron chi connectivity index (χ1n) is 15.6. The normalized spacial score (nSPS) is 12.4. The van der Waals surface area contributed by atoms with Gasteiger partial charge in [-0.2, -0.15) is 0 Å². The van der Waals surface area contributed by atoms with Crippen LogP contribution in [0, 0.1) is 6.92 Å². The fourth-order valence-electron chi connectivity index (χ4n) is 5.11. The Labute approximate surface area is 278 Å². The van der Waals surface area contributed by atoms with Crippen molar-refractivity contribution in [1.82, 2.24) is 10.2 Å². The molecule has 10 heteroatoms. The van der Waals surface area contributed by atoms with E-state index in [-0.39, 0.29) is 35.5 Å². The summed E-state index contributed by atoms with van der Waals surface area (Å²) in [7, 11) is -1.30. The number of methoxy groups -OCH3 is 2. The quantitative estimate of drug-likeness (QED) is 0.174. The summed E-state index contributed by atoms with van der Waals surface area (Å²) in [5, 5.41) is 3.05. The molecular weight excluding hydrogens is 614 g/mol. The number of nitrogens with one attached hydrogen (secondary N) is 1. The molecule has 9 nitrogen and oxygen atoms in total. The predicted molar refractivity (Wildman–Crippen MR) is 184 cm³/mol. The molecule has 47 heavy (non-hydrogen) atoms. The van der Waals surface area contributed by atoms with Crippen molar-refractivity contribution in [3.05, 3.63) is 120 Å². The van der Waals surface area contributed by atoms with Crippen molar-refractivity contribution in [3.8, 4) is 11.5 Å². The molecule has 0 radical (unpaired) electrons. The van der Waals surface area contributed by atoms with Crippen LogP contribution in [0.5, 0.6) is 11.5 Å². The summed E-state index contributed by atoms with van der Waals surface area (Å²) in [5.41, 5.74) is 2.93. The molecule has 0 saturated carbocycles. The summed E-state index contributed by atoms with van der Waals surface area (Å²) >= 11 is 0. The van der Waals surface area contributed by atoms with Gasteiger partial charge < -0.3 is 19.7 Å². The maximum absolute atomic E-state index is 14.6. The first-order valence-corrected chi connectivity index (χ1v) is 17.0. The van der Waals surface area contributed by atoms with Gasteiger partial charge in [0.15, 0.2) is 11.5 Å². The highest BCUT2D eigenvalue weighted by molar-refractivity contribution is 7.92. The highest BCUT2D eigenvalue weighted by Crippen LogP contribution is 2.34. The van der Waals surface area contributed by atoms with Crippen LogP contribution >= 0.6 is 0 Å². The van der Waals surface area contributed by atoms with Crippen molar-refractivity contribution in [1.29, 1.82) is 0 Å². The van der Waals surface area contributed by atoms with Crippen molar-refractivity contribution in [2.45, 2.75) is 57.1 Å². The zero-order valence-corrected chi connectivity index (χ0v) is 28.4. The fourth-order valence-corrected chi connectivity index (χ4v) is 6.54. The zero-order chi connectivity index (χ0) is 34.0. The molecule has 248 valence electrons. The third-order valence-electron chi connectivity index (χ3n) is 8.01. The van der Waals surface area contributed by atoms with Crippen molar-refractivity contribution < 1.29 is 27.5 Å². The van der Waals surface area contributed by atoms with Crippen molar-refractivity contribution >= 4 is 27.5 Å². The number of hydrogen-bond donors (Lipinski definition) is 1. The summed E-state index contributed by atoms with van der Waals surface area (Å²) in [6.07, 6.45) is 0.945. The minimum absolute atomic E-state index is 0.0167. The molecule has 4 aromatic rings. The van der Waals surface area contributed by atoms with E-state index in [1.165, 1.54) is 37.3 Å². The molecule has 0 bridgehead atoms. The van der Waals surface area contributed by atoms with E-state index < -0.39 is 28.5 Å². The van der Waals surface area contributed by atoms with Crippen LogP contribution in [0.25, 0.3) is 0 Å². The van der Waals surface area contributed by atoms with Crippen molar-refractivity contribution in [2.24, 2.45) is 0 Å². The number of aryl methyl sites for hydroxylation is 1. The van der Waals surface area contributed by atoms with Crippen LogP contribution in [-0.2, 0) is 32.6 Å². The molecule has 0 fully saturated rings. The second-order valence-electron chi connectivity index (χ2n) is 11.4. The number of ether oxygens (including phenoxy) is 2. The van der Waals surface area contributed by atoms with Crippen LogP contribution < -0.4 is 19.1 Å². The molecule has 0 aliphatic heterocycles. The van der Waals surface area contributed by atoms with Crippen LogP contribution in [0.2, 0.25) is 0 Å². The van der Waals surface area contributed by atoms with Gasteiger partial charge in [-0.15, -0.1) is 0 Å². The van der Waals surface area contributed by atoms with Gasteiger partial charge in [0.25, 0.3) is 10.0 Å². The Kier molecular flexibility index (Phi) is 12.0. The molecule has 0 aliphatic carbocycles. The van der Waals surface area contributed by atoms with Crippen LogP contribution in [0.3, 0.4) is 0 Å². The van der Waals surface area contributed by atoms with E-state index in [9.17, 15) is 18.0 Å². The first kappa shape index (κ1) is 35.0. The van der Waals surface area contributed by atoms with Crippen LogP contribution in [-0.4, -0.2) is 58.0 Å². The Bertz CT molecular complexity index is 1730. The van der Waals surface area contributed by atoms with E-state index >= 15 is 0 Å². The number of anilines is 1.